The molecule has 0 radical (unpaired) electrons. The van der Waals surface area contributed by atoms with Crippen molar-refractivity contribution in [2.24, 2.45) is 4.99 Å². The van der Waals surface area contributed by atoms with E-state index in [4.69, 9.17) is 0 Å². The monoisotopic (exact) mass is 299 g/mol. The Morgan fingerprint density at radius 1 is 1.10 bits per heavy atom. The summed E-state index contributed by atoms with van der Waals surface area (Å²) in [6.45, 7) is 13.5. The SMILES string of the molecule is CCNC(=NCC(=O)N(C)C)NCCN(C(C)C)C(C)C. The summed E-state index contributed by atoms with van der Waals surface area (Å²) in [6, 6.07) is 1.03. The molecule has 21 heavy (non-hydrogen) atoms. The summed E-state index contributed by atoms with van der Waals surface area (Å²) in [5.74, 6) is 0.693. The fraction of sp³-hybridized carbons (Fsp3) is 0.867. The molecule has 0 heterocycles. The van der Waals surface area contributed by atoms with Crippen LogP contribution in [-0.2, 0) is 4.79 Å². The number of carbonyl (C=O) groups excluding carboxylic acids is 1. The van der Waals surface area contributed by atoms with Crippen LogP contribution < -0.4 is 10.6 Å². The van der Waals surface area contributed by atoms with Gasteiger partial charge in [-0.1, -0.05) is 0 Å². The predicted molar refractivity (Wildman–Crippen MR) is 89.7 cm³/mol. The van der Waals surface area contributed by atoms with Crippen LogP contribution in [0, 0.1) is 0 Å². The van der Waals surface area contributed by atoms with Crippen LogP contribution in [0.3, 0.4) is 0 Å². The minimum atomic E-state index is -0.00168. The summed E-state index contributed by atoms with van der Waals surface area (Å²) in [6.07, 6.45) is 0. The Morgan fingerprint density at radius 3 is 2.10 bits per heavy atom. The molecule has 0 aromatic rings. The van der Waals surface area contributed by atoms with Gasteiger partial charge in [-0.3, -0.25) is 9.69 Å². The first kappa shape index (κ1) is 19.7. The van der Waals surface area contributed by atoms with E-state index in [-0.39, 0.29) is 12.5 Å². The molecular weight excluding hydrogens is 266 g/mol. The van der Waals surface area contributed by atoms with Gasteiger partial charge in [0.1, 0.15) is 6.54 Å². The molecule has 0 saturated carbocycles. The summed E-state index contributed by atoms with van der Waals surface area (Å²) in [7, 11) is 3.47. The predicted octanol–water partition coefficient (Wildman–Crippen LogP) is 0.749. The molecule has 6 heteroatoms. The number of nitrogens with zero attached hydrogens (tertiary/aromatic N) is 3. The smallest absolute Gasteiger partial charge is 0.243 e. The van der Waals surface area contributed by atoms with E-state index < -0.39 is 0 Å². The minimum absolute atomic E-state index is 0.00168. The zero-order valence-electron chi connectivity index (χ0n) is 14.7. The van der Waals surface area contributed by atoms with Crippen molar-refractivity contribution in [3.05, 3.63) is 0 Å². The fourth-order valence-corrected chi connectivity index (χ4v) is 2.05. The quantitative estimate of drug-likeness (QED) is 0.513. The second-order valence-electron chi connectivity index (χ2n) is 5.84. The number of nitrogens with one attached hydrogen (secondary N) is 2. The number of amides is 1. The summed E-state index contributed by atoms with van der Waals surface area (Å²) in [5, 5.41) is 6.44. The summed E-state index contributed by atoms with van der Waals surface area (Å²) in [4.78, 5) is 19.8. The van der Waals surface area contributed by atoms with Gasteiger partial charge in [-0.15, -0.1) is 0 Å². The molecule has 0 fully saturated rings. The maximum absolute atomic E-state index is 11.6. The molecule has 2 N–H and O–H groups in total. The number of hydrogen-bond donors (Lipinski definition) is 2. The Morgan fingerprint density at radius 2 is 1.67 bits per heavy atom. The van der Waals surface area contributed by atoms with Crippen molar-refractivity contribution in [2.45, 2.75) is 46.7 Å². The Labute approximate surface area is 130 Å². The largest absolute Gasteiger partial charge is 0.357 e. The van der Waals surface area contributed by atoms with Crippen molar-refractivity contribution in [1.29, 1.82) is 0 Å². The van der Waals surface area contributed by atoms with Gasteiger partial charge in [0.05, 0.1) is 0 Å². The third-order valence-corrected chi connectivity index (χ3v) is 3.20. The van der Waals surface area contributed by atoms with Gasteiger partial charge in [0.25, 0.3) is 0 Å². The average Bonchev–Trinajstić information content (AvgIpc) is 2.39. The van der Waals surface area contributed by atoms with E-state index in [1.807, 2.05) is 6.92 Å². The highest BCUT2D eigenvalue weighted by Crippen LogP contribution is 2.03. The highest BCUT2D eigenvalue weighted by atomic mass is 16.2. The molecule has 0 aliphatic carbocycles. The molecule has 0 spiro atoms. The van der Waals surface area contributed by atoms with Gasteiger partial charge in [-0.2, -0.15) is 0 Å². The molecule has 0 saturated heterocycles. The second kappa shape index (κ2) is 10.4. The van der Waals surface area contributed by atoms with Crippen LogP contribution in [0.1, 0.15) is 34.6 Å². The number of aliphatic imine (C=N–C) groups is 1. The maximum Gasteiger partial charge on any atom is 0.243 e. The lowest BCUT2D eigenvalue weighted by atomic mass is 10.2. The lowest BCUT2D eigenvalue weighted by molar-refractivity contribution is -0.127. The number of carbonyl (C=O) groups is 1. The van der Waals surface area contributed by atoms with Crippen molar-refractivity contribution < 1.29 is 4.79 Å². The normalized spacial score (nSPS) is 12.2. The van der Waals surface area contributed by atoms with Gasteiger partial charge in [-0.25, -0.2) is 4.99 Å². The fourth-order valence-electron chi connectivity index (χ4n) is 2.05. The highest BCUT2D eigenvalue weighted by molar-refractivity contribution is 5.84. The lowest BCUT2D eigenvalue weighted by Crippen LogP contribution is -2.45. The topological polar surface area (TPSA) is 60.0 Å². The first-order valence-electron chi connectivity index (χ1n) is 7.77. The Balaban J connectivity index is 4.38. The van der Waals surface area contributed by atoms with E-state index in [1.54, 1.807) is 19.0 Å². The number of guanidine groups is 1. The molecule has 0 atom stereocenters. The summed E-state index contributed by atoms with van der Waals surface area (Å²) >= 11 is 0. The van der Waals surface area contributed by atoms with Crippen LogP contribution in [0.15, 0.2) is 4.99 Å². The van der Waals surface area contributed by atoms with Crippen LogP contribution >= 0.6 is 0 Å². The molecule has 1 amide bonds. The van der Waals surface area contributed by atoms with Crippen LogP contribution in [-0.4, -0.2) is 74.0 Å². The Bertz CT molecular complexity index is 318. The number of rotatable bonds is 8. The van der Waals surface area contributed by atoms with Crippen molar-refractivity contribution >= 4 is 11.9 Å². The first-order chi connectivity index (χ1) is 9.79. The molecule has 0 rings (SSSR count). The lowest BCUT2D eigenvalue weighted by Gasteiger charge is -2.30. The van der Waals surface area contributed by atoms with Crippen LogP contribution in [0.4, 0.5) is 0 Å². The van der Waals surface area contributed by atoms with Gasteiger partial charge in [0.15, 0.2) is 5.96 Å². The molecular formula is C15H33N5O. The Kier molecular flexibility index (Phi) is 9.78. The van der Waals surface area contributed by atoms with Crippen molar-refractivity contribution in [2.75, 3.05) is 40.3 Å². The number of hydrogen-bond acceptors (Lipinski definition) is 3. The van der Waals surface area contributed by atoms with Crippen molar-refractivity contribution in [3.8, 4) is 0 Å². The van der Waals surface area contributed by atoms with E-state index >= 15 is 0 Å². The molecule has 6 nitrogen and oxygen atoms in total. The third-order valence-electron chi connectivity index (χ3n) is 3.20. The number of likely N-dealkylation sites (N-methyl/N-ethyl adjacent to an activating group) is 1. The van der Waals surface area contributed by atoms with Crippen molar-refractivity contribution in [3.63, 3.8) is 0 Å². The van der Waals surface area contributed by atoms with Gasteiger partial charge in [0, 0.05) is 45.8 Å². The minimum Gasteiger partial charge on any atom is -0.357 e. The van der Waals surface area contributed by atoms with Gasteiger partial charge < -0.3 is 15.5 Å². The van der Waals surface area contributed by atoms with Gasteiger partial charge >= 0.3 is 0 Å². The van der Waals surface area contributed by atoms with Crippen LogP contribution in [0.25, 0.3) is 0 Å². The highest BCUT2D eigenvalue weighted by Gasteiger charge is 2.12. The second-order valence-corrected chi connectivity index (χ2v) is 5.84. The molecule has 0 aliphatic heterocycles. The van der Waals surface area contributed by atoms with Gasteiger partial charge in [0.2, 0.25) is 5.91 Å². The van der Waals surface area contributed by atoms with Crippen LogP contribution in [0.5, 0.6) is 0 Å². The average molecular weight is 299 g/mol. The molecule has 124 valence electrons. The summed E-state index contributed by atoms with van der Waals surface area (Å²) in [5.41, 5.74) is 0. The van der Waals surface area contributed by atoms with E-state index in [1.165, 1.54) is 0 Å². The zero-order chi connectivity index (χ0) is 16.4. The molecule has 0 aliphatic rings. The molecule has 0 bridgehead atoms. The van der Waals surface area contributed by atoms with Crippen molar-refractivity contribution in [1.82, 2.24) is 20.4 Å². The zero-order valence-corrected chi connectivity index (χ0v) is 14.7. The molecule has 0 unspecified atom stereocenters. The summed E-state index contributed by atoms with van der Waals surface area (Å²) < 4.78 is 0. The van der Waals surface area contributed by atoms with E-state index in [9.17, 15) is 4.79 Å². The Hall–Kier alpha value is -1.30. The standard InChI is InChI=1S/C15H33N5O/c1-8-16-15(18-11-14(21)19(6)7)17-9-10-20(12(2)3)13(4)5/h12-13H,8-11H2,1-7H3,(H2,16,17,18). The van der Waals surface area contributed by atoms with E-state index in [0.29, 0.717) is 18.0 Å². The molecule has 0 aromatic heterocycles. The molecule has 0 aromatic carbocycles. The maximum atomic E-state index is 11.6. The first-order valence-corrected chi connectivity index (χ1v) is 7.77. The third kappa shape index (κ3) is 8.55. The van der Waals surface area contributed by atoms with Gasteiger partial charge in [-0.05, 0) is 34.6 Å². The van der Waals surface area contributed by atoms with Crippen LogP contribution in [0.2, 0.25) is 0 Å². The van der Waals surface area contributed by atoms with E-state index in [0.717, 1.165) is 19.6 Å². The van der Waals surface area contributed by atoms with E-state index in [2.05, 4.69) is 48.2 Å².